The summed E-state index contributed by atoms with van der Waals surface area (Å²) in [5.41, 5.74) is 7.17. The van der Waals surface area contributed by atoms with Gasteiger partial charge in [0, 0.05) is 16.3 Å². The molecule has 0 aromatic heterocycles. The molecule has 114 valence electrons. The zero-order chi connectivity index (χ0) is 16.1. The number of carboxylic acids is 1. The molecule has 0 aliphatic heterocycles. The Balaban J connectivity index is 2.42. The lowest BCUT2D eigenvalue weighted by atomic mass is 10.1. The van der Waals surface area contributed by atoms with Gasteiger partial charge in [0.15, 0.2) is 0 Å². The number of thioether (sulfide) groups is 1. The molecule has 3 N–H and O–H groups in total. The van der Waals surface area contributed by atoms with Crippen molar-refractivity contribution >= 4 is 35.0 Å². The third kappa shape index (κ3) is 3.59. The molecule has 0 aliphatic rings. The van der Waals surface area contributed by atoms with Gasteiger partial charge in [0.2, 0.25) is 0 Å². The third-order valence-electron chi connectivity index (χ3n) is 3.08. The second-order valence-electron chi connectivity index (χ2n) is 4.58. The van der Waals surface area contributed by atoms with E-state index in [1.54, 1.807) is 36.4 Å². The molecule has 0 fully saturated rings. The van der Waals surface area contributed by atoms with E-state index in [0.717, 1.165) is 4.90 Å². The zero-order valence-corrected chi connectivity index (χ0v) is 12.8. The van der Waals surface area contributed by atoms with Crippen molar-refractivity contribution in [1.29, 1.82) is 0 Å². The Morgan fingerprint density at radius 3 is 2.36 bits per heavy atom. The summed E-state index contributed by atoms with van der Waals surface area (Å²) >= 11 is 1.44. The monoisotopic (exact) mass is 316 g/mol. The Bertz CT molecular complexity index is 686. The van der Waals surface area contributed by atoms with Gasteiger partial charge in [-0.3, -0.25) is 14.5 Å². The van der Waals surface area contributed by atoms with Gasteiger partial charge in [-0.15, -0.1) is 11.8 Å². The van der Waals surface area contributed by atoms with Gasteiger partial charge in [-0.05, 0) is 42.7 Å². The van der Waals surface area contributed by atoms with Crippen molar-refractivity contribution < 1.29 is 14.7 Å². The second kappa shape index (κ2) is 7.00. The lowest BCUT2D eigenvalue weighted by molar-refractivity contribution is -0.135. The minimum atomic E-state index is -1.08. The molecule has 6 heteroatoms. The Hall–Kier alpha value is -2.47. The maximum Gasteiger partial charge on any atom is 0.323 e. The number of carbonyl (C=O) groups is 2. The largest absolute Gasteiger partial charge is 0.480 e. The summed E-state index contributed by atoms with van der Waals surface area (Å²) in [4.78, 5) is 25.9. The van der Waals surface area contributed by atoms with E-state index in [9.17, 15) is 9.59 Å². The molecule has 0 saturated carbocycles. The van der Waals surface area contributed by atoms with Crippen molar-refractivity contribution in [3.8, 4) is 0 Å². The van der Waals surface area contributed by atoms with E-state index in [2.05, 4.69) is 0 Å². The molecule has 0 atom stereocenters. The molecular formula is C16H16N2O3S. The minimum Gasteiger partial charge on any atom is -0.480 e. The van der Waals surface area contributed by atoms with Crippen LogP contribution in [0.15, 0.2) is 53.4 Å². The topological polar surface area (TPSA) is 83.6 Å². The number of aliphatic carboxylic acids is 1. The van der Waals surface area contributed by atoms with Gasteiger partial charge in [0.25, 0.3) is 5.91 Å². The Kier molecular flexibility index (Phi) is 5.06. The number of carboxylic acid groups (broad SMARTS) is 1. The first-order valence-corrected chi connectivity index (χ1v) is 7.77. The van der Waals surface area contributed by atoms with Crippen LogP contribution in [0.2, 0.25) is 0 Å². The van der Waals surface area contributed by atoms with Gasteiger partial charge >= 0.3 is 5.97 Å². The van der Waals surface area contributed by atoms with E-state index in [0.29, 0.717) is 16.9 Å². The van der Waals surface area contributed by atoms with Crippen molar-refractivity contribution in [2.75, 3.05) is 23.4 Å². The van der Waals surface area contributed by atoms with Crippen LogP contribution in [0.4, 0.5) is 11.4 Å². The SMILES string of the molecule is CSc1ccccc1C(=O)N(CC(=O)O)c1ccc(N)cc1. The maximum absolute atomic E-state index is 12.8. The first kappa shape index (κ1) is 15.9. The Labute approximate surface area is 132 Å². The number of hydrogen-bond acceptors (Lipinski definition) is 4. The average molecular weight is 316 g/mol. The minimum absolute atomic E-state index is 0.350. The normalized spacial score (nSPS) is 10.2. The molecule has 2 aromatic carbocycles. The van der Waals surface area contributed by atoms with Crippen molar-refractivity contribution in [3.63, 3.8) is 0 Å². The van der Waals surface area contributed by atoms with Crippen LogP contribution in [-0.4, -0.2) is 29.8 Å². The third-order valence-corrected chi connectivity index (χ3v) is 3.88. The highest BCUT2D eigenvalue weighted by atomic mass is 32.2. The number of nitrogens with two attached hydrogens (primary N) is 1. The molecular weight excluding hydrogens is 300 g/mol. The molecule has 0 aliphatic carbocycles. The molecule has 2 aromatic rings. The van der Waals surface area contributed by atoms with E-state index < -0.39 is 12.5 Å². The van der Waals surface area contributed by atoms with Crippen LogP contribution in [0.5, 0.6) is 0 Å². The summed E-state index contributed by atoms with van der Waals surface area (Å²) in [7, 11) is 0. The van der Waals surface area contributed by atoms with Crippen LogP contribution in [0.3, 0.4) is 0 Å². The van der Waals surface area contributed by atoms with Gasteiger partial charge in [-0.25, -0.2) is 0 Å². The highest BCUT2D eigenvalue weighted by Crippen LogP contribution is 2.24. The van der Waals surface area contributed by atoms with E-state index in [4.69, 9.17) is 10.8 Å². The molecule has 0 saturated heterocycles. The molecule has 0 heterocycles. The van der Waals surface area contributed by atoms with Crippen molar-refractivity contribution in [1.82, 2.24) is 0 Å². The van der Waals surface area contributed by atoms with Crippen LogP contribution in [0.1, 0.15) is 10.4 Å². The number of nitrogens with zero attached hydrogens (tertiary/aromatic N) is 1. The number of rotatable bonds is 5. The van der Waals surface area contributed by atoms with Crippen molar-refractivity contribution in [3.05, 3.63) is 54.1 Å². The summed E-state index contributed by atoms with van der Waals surface area (Å²) in [5, 5.41) is 9.10. The zero-order valence-electron chi connectivity index (χ0n) is 12.0. The van der Waals surface area contributed by atoms with Crippen LogP contribution < -0.4 is 10.6 Å². The second-order valence-corrected chi connectivity index (χ2v) is 5.42. The highest BCUT2D eigenvalue weighted by molar-refractivity contribution is 7.98. The summed E-state index contributed by atoms with van der Waals surface area (Å²) in [5.74, 6) is -1.43. The number of anilines is 2. The Morgan fingerprint density at radius 2 is 1.77 bits per heavy atom. The fourth-order valence-corrected chi connectivity index (χ4v) is 2.63. The first-order valence-electron chi connectivity index (χ1n) is 6.55. The predicted octanol–water partition coefficient (Wildman–Crippen LogP) is 2.72. The maximum atomic E-state index is 12.8. The van der Waals surface area contributed by atoms with Crippen LogP contribution in [-0.2, 0) is 4.79 Å². The Morgan fingerprint density at radius 1 is 1.14 bits per heavy atom. The molecule has 0 spiro atoms. The van der Waals surface area contributed by atoms with Gasteiger partial charge in [-0.1, -0.05) is 12.1 Å². The van der Waals surface area contributed by atoms with Crippen LogP contribution in [0, 0.1) is 0 Å². The van der Waals surface area contributed by atoms with E-state index in [-0.39, 0.29) is 5.91 Å². The average Bonchev–Trinajstić information content (AvgIpc) is 2.52. The fourth-order valence-electron chi connectivity index (χ4n) is 2.04. The molecule has 0 radical (unpaired) electrons. The van der Waals surface area contributed by atoms with Gasteiger partial charge in [0.1, 0.15) is 6.54 Å². The molecule has 1 amide bonds. The number of nitrogen functional groups attached to an aromatic ring is 1. The van der Waals surface area contributed by atoms with Gasteiger partial charge in [0.05, 0.1) is 5.56 Å². The summed E-state index contributed by atoms with van der Waals surface area (Å²) < 4.78 is 0. The quantitative estimate of drug-likeness (QED) is 0.654. The summed E-state index contributed by atoms with van der Waals surface area (Å²) in [6.07, 6.45) is 1.87. The summed E-state index contributed by atoms with van der Waals surface area (Å²) in [6.45, 7) is -0.411. The first-order chi connectivity index (χ1) is 10.5. The van der Waals surface area contributed by atoms with E-state index in [1.165, 1.54) is 16.7 Å². The van der Waals surface area contributed by atoms with Crippen LogP contribution in [0.25, 0.3) is 0 Å². The van der Waals surface area contributed by atoms with Crippen molar-refractivity contribution in [2.24, 2.45) is 0 Å². The van der Waals surface area contributed by atoms with Gasteiger partial charge in [-0.2, -0.15) is 0 Å². The van der Waals surface area contributed by atoms with Crippen molar-refractivity contribution in [2.45, 2.75) is 4.90 Å². The summed E-state index contributed by atoms with van der Waals surface area (Å²) in [6, 6.07) is 13.7. The lowest BCUT2D eigenvalue weighted by Gasteiger charge is -2.22. The highest BCUT2D eigenvalue weighted by Gasteiger charge is 2.22. The standard InChI is InChI=1S/C16H16N2O3S/c1-22-14-5-3-2-4-13(14)16(21)18(10-15(19)20)12-8-6-11(17)7-9-12/h2-9H,10,17H2,1H3,(H,19,20). The van der Waals surface area contributed by atoms with E-state index in [1.807, 2.05) is 18.4 Å². The van der Waals surface area contributed by atoms with Crippen LogP contribution >= 0.6 is 11.8 Å². The molecule has 2 rings (SSSR count). The number of carbonyl (C=O) groups excluding carboxylic acids is 1. The molecule has 5 nitrogen and oxygen atoms in total. The number of amides is 1. The smallest absolute Gasteiger partial charge is 0.323 e. The number of hydrogen-bond donors (Lipinski definition) is 2. The molecule has 22 heavy (non-hydrogen) atoms. The molecule has 0 unspecified atom stereocenters. The van der Waals surface area contributed by atoms with E-state index >= 15 is 0 Å². The molecule has 0 bridgehead atoms. The predicted molar refractivity (Wildman–Crippen MR) is 88.4 cm³/mol. The number of benzene rings is 2. The van der Waals surface area contributed by atoms with Gasteiger partial charge < -0.3 is 10.8 Å². The fraction of sp³-hybridized carbons (Fsp3) is 0.125. The lowest BCUT2D eigenvalue weighted by Crippen LogP contribution is -2.36.